The summed E-state index contributed by atoms with van der Waals surface area (Å²) in [4.78, 5) is 23.8. The molecule has 0 aliphatic heterocycles. The maximum absolute atomic E-state index is 12.1. The lowest BCUT2D eigenvalue weighted by molar-refractivity contribution is 0.0925. The fourth-order valence-corrected chi connectivity index (χ4v) is 2.03. The van der Waals surface area contributed by atoms with Gasteiger partial charge in [0.15, 0.2) is 5.76 Å². The molecule has 7 nitrogen and oxygen atoms in total. The lowest BCUT2D eigenvalue weighted by Gasteiger charge is -2.09. The zero-order valence-corrected chi connectivity index (χ0v) is 13.6. The Labute approximate surface area is 139 Å². The van der Waals surface area contributed by atoms with Crippen LogP contribution < -0.4 is 20.1 Å². The molecule has 7 heteroatoms. The molecule has 0 unspecified atom stereocenters. The van der Waals surface area contributed by atoms with Gasteiger partial charge in [-0.1, -0.05) is 0 Å². The van der Waals surface area contributed by atoms with Crippen LogP contribution in [0.1, 0.15) is 27.3 Å². The number of benzene rings is 1. The standard InChI is InChI=1S/C17H20N2O5/c1-22-13-9-12(10-14(11-13)23-2)16(20)18-6-4-7-19-17(21)15-5-3-8-24-15/h3,5,8-11H,4,6-7H2,1-2H3,(H,18,20)(H,19,21). The van der Waals surface area contributed by atoms with Gasteiger partial charge >= 0.3 is 0 Å². The van der Waals surface area contributed by atoms with Crippen LogP contribution in [0.25, 0.3) is 0 Å². The fraction of sp³-hybridized carbons (Fsp3) is 0.294. The van der Waals surface area contributed by atoms with Crippen LogP contribution in [0.3, 0.4) is 0 Å². The third-order valence-electron chi connectivity index (χ3n) is 3.28. The molecule has 0 atom stereocenters. The molecule has 0 aliphatic rings. The molecule has 0 bridgehead atoms. The van der Waals surface area contributed by atoms with Crippen molar-refractivity contribution in [2.45, 2.75) is 6.42 Å². The number of carbonyl (C=O) groups is 2. The average molecular weight is 332 g/mol. The number of furan rings is 1. The predicted octanol–water partition coefficient (Wildman–Crippen LogP) is 1.85. The highest BCUT2D eigenvalue weighted by Crippen LogP contribution is 2.22. The van der Waals surface area contributed by atoms with Crippen LogP contribution in [0.15, 0.2) is 41.0 Å². The second-order valence-corrected chi connectivity index (χ2v) is 4.94. The Morgan fingerprint density at radius 3 is 2.17 bits per heavy atom. The molecule has 2 rings (SSSR count). The number of amides is 2. The van der Waals surface area contributed by atoms with Gasteiger partial charge in [0.25, 0.3) is 11.8 Å². The van der Waals surface area contributed by atoms with Crippen molar-refractivity contribution >= 4 is 11.8 Å². The smallest absolute Gasteiger partial charge is 0.286 e. The van der Waals surface area contributed by atoms with Gasteiger partial charge in [-0.3, -0.25) is 9.59 Å². The van der Waals surface area contributed by atoms with Crippen LogP contribution in [-0.4, -0.2) is 39.1 Å². The van der Waals surface area contributed by atoms with Crippen molar-refractivity contribution in [1.29, 1.82) is 0 Å². The van der Waals surface area contributed by atoms with Crippen molar-refractivity contribution in [2.75, 3.05) is 27.3 Å². The topological polar surface area (TPSA) is 89.8 Å². The molecule has 1 heterocycles. The summed E-state index contributed by atoms with van der Waals surface area (Å²) in [5.74, 6) is 0.853. The molecule has 0 saturated carbocycles. The van der Waals surface area contributed by atoms with E-state index in [2.05, 4.69) is 10.6 Å². The lowest BCUT2D eigenvalue weighted by Crippen LogP contribution is -2.29. The Balaban J connectivity index is 1.76. The molecule has 2 amide bonds. The van der Waals surface area contributed by atoms with E-state index in [0.29, 0.717) is 36.6 Å². The van der Waals surface area contributed by atoms with Crippen LogP contribution in [-0.2, 0) is 0 Å². The van der Waals surface area contributed by atoms with E-state index in [4.69, 9.17) is 13.9 Å². The first-order chi connectivity index (χ1) is 11.6. The van der Waals surface area contributed by atoms with Gasteiger partial charge < -0.3 is 24.5 Å². The fourth-order valence-electron chi connectivity index (χ4n) is 2.03. The van der Waals surface area contributed by atoms with Crippen LogP contribution in [0.5, 0.6) is 11.5 Å². The summed E-state index contributed by atoms with van der Waals surface area (Å²) in [5, 5.41) is 5.50. The number of rotatable bonds is 8. The van der Waals surface area contributed by atoms with Crippen LogP contribution in [0.2, 0.25) is 0 Å². The molecule has 2 N–H and O–H groups in total. The summed E-state index contributed by atoms with van der Waals surface area (Å²) in [6.07, 6.45) is 2.04. The lowest BCUT2D eigenvalue weighted by atomic mass is 10.2. The van der Waals surface area contributed by atoms with Crippen LogP contribution in [0, 0.1) is 0 Å². The number of ether oxygens (including phenoxy) is 2. The van der Waals surface area contributed by atoms with E-state index in [1.807, 2.05) is 0 Å². The third kappa shape index (κ3) is 4.77. The zero-order chi connectivity index (χ0) is 17.4. The van der Waals surface area contributed by atoms with E-state index in [1.54, 1.807) is 30.3 Å². The van der Waals surface area contributed by atoms with Gasteiger partial charge in [0.1, 0.15) is 11.5 Å². The van der Waals surface area contributed by atoms with Gasteiger partial charge in [-0.25, -0.2) is 0 Å². The van der Waals surface area contributed by atoms with E-state index in [1.165, 1.54) is 20.5 Å². The average Bonchev–Trinajstić information content (AvgIpc) is 3.15. The first-order valence-electron chi connectivity index (χ1n) is 7.47. The Kier molecular flexibility index (Phi) is 6.24. The number of carbonyl (C=O) groups excluding carboxylic acids is 2. The Morgan fingerprint density at radius 1 is 1.00 bits per heavy atom. The van der Waals surface area contributed by atoms with E-state index in [-0.39, 0.29) is 17.6 Å². The largest absolute Gasteiger partial charge is 0.497 e. The predicted molar refractivity (Wildman–Crippen MR) is 87.5 cm³/mol. The van der Waals surface area contributed by atoms with Crippen molar-refractivity contribution in [2.24, 2.45) is 0 Å². The number of nitrogens with one attached hydrogen (secondary N) is 2. The molecule has 24 heavy (non-hydrogen) atoms. The minimum Gasteiger partial charge on any atom is -0.497 e. The summed E-state index contributed by atoms with van der Waals surface area (Å²) in [6, 6.07) is 8.21. The maximum atomic E-state index is 12.1. The minimum absolute atomic E-state index is 0.232. The van der Waals surface area contributed by atoms with Gasteiger partial charge in [0.2, 0.25) is 0 Å². The second kappa shape index (κ2) is 8.61. The van der Waals surface area contributed by atoms with E-state index in [0.717, 1.165) is 0 Å². The quantitative estimate of drug-likeness (QED) is 0.720. The Morgan fingerprint density at radius 2 is 1.62 bits per heavy atom. The second-order valence-electron chi connectivity index (χ2n) is 4.94. The van der Waals surface area contributed by atoms with Crippen molar-refractivity contribution in [3.63, 3.8) is 0 Å². The van der Waals surface area contributed by atoms with E-state index >= 15 is 0 Å². The molecule has 1 aromatic heterocycles. The summed E-state index contributed by atoms with van der Waals surface area (Å²) >= 11 is 0. The SMILES string of the molecule is COc1cc(OC)cc(C(=O)NCCCNC(=O)c2ccco2)c1. The minimum atomic E-state index is -0.274. The van der Waals surface area contributed by atoms with Crippen molar-refractivity contribution in [1.82, 2.24) is 10.6 Å². The first kappa shape index (κ1) is 17.4. The number of methoxy groups -OCH3 is 2. The zero-order valence-electron chi connectivity index (χ0n) is 13.6. The molecule has 2 aromatic rings. The third-order valence-corrected chi connectivity index (χ3v) is 3.28. The van der Waals surface area contributed by atoms with E-state index in [9.17, 15) is 9.59 Å². The molecule has 128 valence electrons. The molecule has 0 fully saturated rings. The first-order valence-corrected chi connectivity index (χ1v) is 7.47. The normalized spacial score (nSPS) is 10.1. The molecular weight excluding hydrogens is 312 g/mol. The van der Waals surface area contributed by atoms with Gasteiger partial charge in [-0.2, -0.15) is 0 Å². The van der Waals surface area contributed by atoms with Gasteiger partial charge in [0, 0.05) is 24.7 Å². The Bertz CT molecular complexity index is 660. The van der Waals surface area contributed by atoms with Crippen LogP contribution >= 0.6 is 0 Å². The van der Waals surface area contributed by atoms with Crippen molar-refractivity contribution in [3.8, 4) is 11.5 Å². The van der Waals surface area contributed by atoms with Gasteiger partial charge in [-0.15, -0.1) is 0 Å². The number of hydrogen-bond acceptors (Lipinski definition) is 5. The summed E-state index contributed by atoms with van der Waals surface area (Å²) < 4.78 is 15.3. The highest BCUT2D eigenvalue weighted by Gasteiger charge is 2.10. The summed E-state index contributed by atoms with van der Waals surface area (Å²) in [5.41, 5.74) is 0.450. The molecule has 1 aromatic carbocycles. The van der Waals surface area contributed by atoms with E-state index < -0.39 is 0 Å². The van der Waals surface area contributed by atoms with Gasteiger partial charge in [-0.05, 0) is 30.7 Å². The highest BCUT2D eigenvalue weighted by molar-refractivity contribution is 5.95. The maximum Gasteiger partial charge on any atom is 0.286 e. The summed E-state index contributed by atoms with van der Waals surface area (Å²) in [6.45, 7) is 0.859. The van der Waals surface area contributed by atoms with Gasteiger partial charge in [0.05, 0.1) is 20.5 Å². The Hall–Kier alpha value is -2.96. The number of hydrogen-bond donors (Lipinski definition) is 2. The molecule has 0 spiro atoms. The summed E-state index contributed by atoms with van der Waals surface area (Å²) in [7, 11) is 3.05. The molecule has 0 aliphatic carbocycles. The van der Waals surface area contributed by atoms with Crippen LogP contribution in [0.4, 0.5) is 0 Å². The van der Waals surface area contributed by atoms with Crippen molar-refractivity contribution in [3.05, 3.63) is 47.9 Å². The van der Waals surface area contributed by atoms with Crippen molar-refractivity contribution < 1.29 is 23.5 Å². The molecular formula is C17H20N2O5. The molecule has 0 radical (unpaired) electrons. The monoisotopic (exact) mass is 332 g/mol. The highest BCUT2D eigenvalue weighted by atomic mass is 16.5. The molecule has 0 saturated heterocycles.